The number of aromatic amines is 1. The fourth-order valence-electron chi connectivity index (χ4n) is 3.01. The number of carbonyl (C=O) groups is 1. The van der Waals surface area contributed by atoms with Gasteiger partial charge in [0.15, 0.2) is 0 Å². The normalized spacial score (nSPS) is 12.1. The van der Waals surface area contributed by atoms with E-state index in [2.05, 4.69) is 20.7 Å². The van der Waals surface area contributed by atoms with Gasteiger partial charge in [-0.25, -0.2) is 4.79 Å². The highest BCUT2D eigenvalue weighted by atomic mass is 16.2. The fourth-order valence-corrected chi connectivity index (χ4v) is 3.01. The Balaban J connectivity index is 2.03. The van der Waals surface area contributed by atoms with Gasteiger partial charge in [0, 0.05) is 29.6 Å². The van der Waals surface area contributed by atoms with Crippen LogP contribution in [0.25, 0.3) is 0 Å². The Bertz CT molecular complexity index is 819. The average Bonchev–Trinajstić information content (AvgIpc) is 2.70. The Morgan fingerprint density at radius 3 is 2.54 bits per heavy atom. The Morgan fingerprint density at radius 1 is 1.33 bits per heavy atom. The monoisotopic (exact) mass is 331 g/mol. The van der Waals surface area contributed by atoms with Crippen LogP contribution in [0.3, 0.4) is 0 Å². The molecular weight excluding hydrogens is 306 g/mol. The van der Waals surface area contributed by atoms with E-state index in [1.807, 2.05) is 47.7 Å². The molecule has 3 N–H and O–H groups in total. The first-order chi connectivity index (χ1) is 11.2. The lowest BCUT2D eigenvalue weighted by atomic mass is 10.1. The number of nitrogens with zero attached hydrogens (tertiary/aromatic N) is 2. The first-order valence-electron chi connectivity index (χ1n) is 7.94. The first-order valence-corrected chi connectivity index (χ1v) is 7.94. The molecule has 0 fully saturated rings. The van der Waals surface area contributed by atoms with E-state index >= 15 is 0 Å². The van der Waals surface area contributed by atoms with Crippen LogP contribution >= 0.6 is 0 Å². The number of hydrogen-bond donors (Lipinski definition) is 3. The topological polar surface area (TPSA) is 91.8 Å². The van der Waals surface area contributed by atoms with Crippen LogP contribution in [0.4, 0.5) is 4.79 Å². The van der Waals surface area contributed by atoms with Gasteiger partial charge in [0.05, 0.1) is 18.3 Å². The van der Waals surface area contributed by atoms with Crippen molar-refractivity contribution < 1.29 is 4.79 Å². The Labute approximate surface area is 141 Å². The molecule has 0 aliphatic carbocycles. The molecule has 130 valence electrons. The van der Waals surface area contributed by atoms with Crippen molar-refractivity contribution in [2.75, 3.05) is 0 Å². The summed E-state index contributed by atoms with van der Waals surface area (Å²) >= 11 is 0. The maximum absolute atomic E-state index is 12.2. The number of carbonyl (C=O) groups excluding carboxylic acids is 1. The molecule has 2 aromatic rings. The van der Waals surface area contributed by atoms with E-state index in [0.29, 0.717) is 5.56 Å². The molecular formula is C17H25N5O2. The summed E-state index contributed by atoms with van der Waals surface area (Å²) in [4.78, 5) is 26.9. The van der Waals surface area contributed by atoms with Gasteiger partial charge in [-0.2, -0.15) is 5.10 Å². The number of amides is 2. The average molecular weight is 331 g/mol. The van der Waals surface area contributed by atoms with Gasteiger partial charge in [-0.15, -0.1) is 0 Å². The molecule has 7 nitrogen and oxygen atoms in total. The minimum Gasteiger partial charge on any atom is -0.334 e. The molecule has 1 unspecified atom stereocenters. The molecule has 0 saturated heterocycles. The summed E-state index contributed by atoms with van der Waals surface area (Å²) in [5, 5.41) is 10.0. The van der Waals surface area contributed by atoms with Crippen molar-refractivity contribution in [3.05, 3.63) is 50.2 Å². The number of urea groups is 1. The van der Waals surface area contributed by atoms with E-state index in [4.69, 9.17) is 0 Å². The summed E-state index contributed by atoms with van der Waals surface area (Å²) in [5.41, 5.74) is 5.00. The van der Waals surface area contributed by atoms with Crippen LogP contribution in [0.1, 0.15) is 46.7 Å². The molecule has 0 radical (unpaired) electrons. The molecule has 0 aromatic carbocycles. The number of nitrogens with one attached hydrogen (secondary N) is 3. The second-order valence-electron chi connectivity index (χ2n) is 6.20. The largest absolute Gasteiger partial charge is 0.334 e. The summed E-state index contributed by atoms with van der Waals surface area (Å²) in [6, 6.07) is 1.40. The van der Waals surface area contributed by atoms with Crippen LogP contribution in [0.2, 0.25) is 0 Å². The highest BCUT2D eigenvalue weighted by Crippen LogP contribution is 2.20. The predicted molar refractivity (Wildman–Crippen MR) is 93.0 cm³/mol. The first kappa shape index (κ1) is 17.8. The lowest BCUT2D eigenvalue weighted by Gasteiger charge is -2.16. The summed E-state index contributed by atoms with van der Waals surface area (Å²) in [6.45, 7) is 9.69. The maximum atomic E-state index is 12.2. The zero-order valence-electron chi connectivity index (χ0n) is 15.1. The van der Waals surface area contributed by atoms with Crippen LogP contribution in [0.15, 0.2) is 10.9 Å². The van der Waals surface area contributed by atoms with E-state index < -0.39 is 0 Å². The minimum absolute atomic E-state index is 0.167. The number of rotatable bonds is 4. The van der Waals surface area contributed by atoms with Crippen molar-refractivity contribution in [2.24, 2.45) is 7.05 Å². The van der Waals surface area contributed by atoms with Gasteiger partial charge in [-0.3, -0.25) is 9.48 Å². The second-order valence-corrected chi connectivity index (χ2v) is 6.20. The predicted octanol–water partition coefficient (Wildman–Crippen LogP) is 1.90. The molecule has 24 heavy (non-hydrogen) atoms. The zero-order chi connectivity index (χ0) is 18.0. The Kier molecular flexibility index (Phi) is 5.11. The molecule has 2 rings (SSSR count). The van der Waals surface area contributed by atoms with Crippen molar-refractivity contribution in [1.29, 1.82) is 0 Å². The second kappa shape index (κ2) is 6.90. The van der Waals surface area contributed by atoms with Gasteiger partial charge in [0.25, 0.3) is 5.56 Å². The van der Waals surface area contributed by atoms with Gasteiger partial charge in [-0.1, -0.05) is 0 Å². The molecule has 2 aromatic heterocycles. The number of aryl methyl sites for hydroxylation is 4. The van der Waals surface area contributed by atoms with E-state index in [0.717, 1.165) is 28.2 Å². The summed E-state index contributed by atoms with van der Waals surface area (Å²) in [7, 11) is 1.88. The molecule has 0 aliphatic rings. The standard InChI is InChI=1S/C17H25N5O2/c1-9-7-10(2)19-16(23)14(9)8-18-17(24)20-11(3)15-12(4)21-22(6)13(15)5/h7,11H,8H2,1-6H3,(H,19,23)(H2,18,20,24). The van der Waals surface area contributed by atoms with E-state index in [9.17, 15) is 9.59 Å². The molecule has 7 heteroatoms. The molecule has 0 spiro atoms. The third-order valence-electron chi connectivity index (χ3n) is 4.27. The van der Waals surface area contributed by atoms with Crippen LogP contribution in [0.5, 0.6) is 0 Å². The number of H-pyrrole nitrogens is 1. The van der Waals surface area contributed by atoms with Gasteiger partial charge < -0.3 is 15.6 Å². The van der Waals surface area contributed by atoms with Crippen molar-refractivity contribution in [3.8, 4) is 0 Å². The highest BCUT2D eigenvalue weighted by molar-refractivity contribution is 5.74. The SMILES string of the molecule is Cc1cc(C)c(CNC(=O)NC(C)c2c(C)nn(C)c2C)c(=O)[nH]1. The number of hydrogen-bond acceptors (Lipinski definition) is 3. The van der Waals surface area contributed by atoms with E-state index in [1.165, 1.54) is 0 Å². The van der Waals surface area contributed by atoms with Crippen molar-refractivity contribution in [3.63, 3.8) is 0 Å². The number of pyridine rings is 1. The molecule has 0 saturated carbocycles. The van der Waals surface area contributed by atoms with Gasteiger partial charge in [0.1, 0.15) is 0 Å². The molecule has 2 heterocycles. The van der Waals surface area contributed by atoms with Crippen LogP contribution in [-0.4, -0.2) is 20.8 Å². The highest BCUT2D eigenvalue weighted by Gasteiger charge is 2.18. The zero-order valence-corrected chi connectivity index (χ0v) is 15.1. The van der Waals surface area contributed by atoms with E-state index in [1.54, 1.807) is 4.68 Å². The molecule has 2 amide bonds. The van der Waals surface area contributed by atoms with Crippen LogP contribution in [-0.2, 0) is 13.6 Å². The Hall–Kier alpha value is -2.57. The summed E-state index contributed by atoms with van der Waals surface area (Å²) in [6.07, 6.45) is 0. The van der Waals surface area contributed by atoms with Gasteiger partial charge in [-0.05, 0) is 46.2 Å². The fraction of sp³-hybridized carbons (Fsp3) is 0.471. The van der Waals surface area contributed by atoms with Gasteiger partial charge >= 0.3 is 6.03 Å². The lowest BCUT2D eigenvalue weighted by molar-refractivity contribution is 0.237. The van der Waals surface area contributed by atoms with Crippen LogP contribution < -0.4 is 16.2 Å². The van der Waals surface area contributed by atoms with Crippen LogP contribution in [0, 0.1) is 27.7 Å². The quantitative estimate of drug-likeness (QED) is 0.799. The maximum Gasteiger partial charge on any atom is 0.315 e. The molecule has 0 aliphatic heterocycles. The summed E-state index contributed by atoms with van der Waals surface area (Å²) < 4.78 is 1.80. The Morgan fingerprint density at radius 2 is 2.00 bits per heavy atom. The number of aromatic nitrogens is 3. The lowest BCUT2D eigenvalue weighted by Crippen LogP contribution is -2.38. The van der Waals surface area contributed by atoms with Crippen molar-refractivity contribution >= 4 is 6.03 Å². The molecule has 1 atom stereocenters. The smallest absolute Gasteiger partial charge is 0.315 e. The van der Waals surface area contributed by atoms with Gasteiger partial charge in [0.2, 0.25) is 0 Å². The minimum atomic E-state index is -0.315. The molecule has 0 bridgehead atoms. The third-order valence-corrected chi connectivity index (χ3v) is 4.27. The van der Waals surface area contributed by atoms with E-state index in [-0.39, 0.29) is 24.2 Å². The van der Waals surface area contributed by atoms with Crippen molar-refractivity contribution in [1.82, 2.24) is 25.4 Å². The third kappa shape index (κ3) is 3.67. The summed E-state index contributed by atoms with van der Waals surface area (Å²) in [5.74, 6) is 0. The van der Waals surface area contributed by atoms with Crippen molar-refractivity contribution in [2.45, 2.75) is 47.2 Å².